The Labute approximate surface area is 187 Å². The van der Waals surface area contributed by atoms with Crippen LogP contribution in [0.15, 0.2) is 79.5 Å². The highest BCUT2D eigenvalue weighted by atomic mass is 79.9. The Kier molecular flexibility index (Phi) is 6.11. The summed E-state index contributed by atoms with van der Waals surface area (Å²) >= 11 is 4.82. The van der Waals surface area contributed by atoms with Crippen LogP contribution >= 0.6 is 27.7 Å². The van der Waals surface area contributed by atoms with Crippen molar-refractivity contribution in [3.8, 4) is 17.1 Å². The molecule has 0 unspecified atom stereocenters. The number of carbonyl (C=O) groups excluding carboxylic acids is 1. The Bertz CT molecular complexity index is 1140. The molecule has 0 spiro atoms. The average Bonchev–Trinajstić information content (AvgIpc) is 3.33. The number of thioether (sulfide) groups is 1. The minimum Gasteiger partial charge on any atom is -0.497 e. The fourth-order valence-electron chi connectivity index (χ4n) is 2.99. The summed E-state index contributed by atoms with van der Waals surface area (Å²) in [7, 11) is 1.62. The zero-order valence-electron chi connectivity index (χ0n) is 16.5. The Hall–Kier alpha value is -2.77. The monoisotopic (exact) mass is 482 g/mol. The molecule has 3 aromatic rings. The van der Waals surface area contributed by atoms with Crippen molar-refractivity contribution in [1.82, 2.24) is 4.90 Å². The van der Waals surface area contributed by atoms with Gasteiger partial charge in [0.25, 0.3) is 5.91 Å². The number of halogens is 1. The molecule has 1 aliphatic rings. The number of likely N-dealkylation sites (N-methyl/N-ethyl adjacent to an activating group) is 1. The Morgan fingerprint density at radius 3 is 2.67 bits per heavy atom. The second kappa shape index (κ2) is 8.93. The van der Waals surface area contributed by atoms with E-state index in [2.05, 4.69) is 20.9 Å². The van der Waals surface area contributed by atoms with E-state index in [1.165, 1.54) is 11.8 Å². The van der Waals surface area contributed by atoms with Crippen LogP contribution in [-0.2, 0) is 4.79 Å². The highest BCUT2D eigenvalue weighted by Gasteiger charge is 2.32. The number of rotatable bonds is 5. The summed E-state index contributed by atoms with van der Waals surface area (Å²) in [5.74, 6) is 2.07. The van der Waals surface area contributed by atoms with Crippen LogP contribution < -0.4 is 4.74 Å². The molecule has 1 amide bonds. The second-order valence-electron chi connectivity index (χ2n) is 6.46. The van der Waals surface area contributed by atoms with Crippen LogP contribution in [0, 0.1) is 0 Å². The van der Waals surface area contributed by atoms with Crippen molar-refractivity contribution in [2.45, 2.75) is 6.92 Å². The van der Waals surface area contributed by atoms with Crippen LogP contribution in [0.1, 0.15) is 12.7 Å². The fourth-order valence-corrected chi connectivity index (χ4v) is 4.44. The van der Waals surface area contributed by atoms with Gasteiger partial charge in [0.05, 0.1) is 17.7 Å². The van der Waals surface area contributed by atoms with Gasteiger partial charge in [0.2, 0.25) is 0 Å². The van der Waals surface area contributed by atoms with E-state index in [-0.39, 0.29) is 5.91 Å². The maximum Gasteiger partial charge on any atom is 0.266 e. The van der Waals surface area contributed by atoms with Crippen LogP contribution in [0.3, 0.4) is 0 Å². The summed E-state index contributed by atoms with van der Waals surface area (Å²) in [4.78, 5) is 19.7. The van der Waals surface area contributed by atoms with Gasteiger partial charge >= 0.3 is 0 Å². The van der Waals surface area contributed by atoms with Crippen molar-refractivity contribution in [2.75, 3.05) is 13.7 Å². The Morgan fingerprint density at radius 1 is 1.17 bits per heavy atom. The number of ether oxygens (including phenoxy) is 1. The number of hydrogen-bond donors (Lipinski definition) is 0. The lowest BCUT2D eigenvalue weighted by Gasteiger charge is -2.12. The van der Waals surface area contributed by atoms with E-state index >= 15 is 0 Å². The molecule has 0 radical (unpaired) electrons. The van der Waals surface area contributed by atoms with Crippen molar-refractivity contribution >= 4 is 50.5 Å². The van der Waals surface area contributed by atoms with Crippen molar-refractivity contribution < 1.29 is 13.9 Å². The molecule has 7 heteroatoms. The van der Waals surface area contributed by atoms with Crippen LogP contribution in [0.25, 0.3) is 17.4 Å². The number of amides is 1. The van der Waals surface area contributed by atoms with Crippen LogP contribution in [0.2, 0.25) is 0 Å². The largest absolute Gasteiger partial charge is 0.497 e. The predicted octanol–water partition coefficient (Wildman–Crippen LogP) is 6.34. The number of benzene rings is 2. The fraction of sp³-hybridized carbons (Fsp3) is 0.130. The zero-order valence-corrected chi connectivity index (χ0v) is 18.9. The van der Waals surface area contributed by atoms with E-state index < -0.39 is 0 Å². The van der Waals surface area contributed by atoms with Gasteiger partial charge in [0.1, 0.15) is 17.3 Å². The molecule has 0 N–H and O–H groups in total. The van der Waals surface area contributed by atoms with Crippen LogP contribution in [0.5, 0.6) is 5.75 Å². The molecule has 1 aromatic heterocycles. The first-order chi connectivity index (χ1) is 14.6. The van der Waals surface area contributed by atoms with Gasteiger partial charge in [0, 0.05) is 22.7 Å². The Balaban J connectivity index is 1.59. The molecule has 2 heterocycles. The lowest BCUT2D eigenvalue weighted by molar-refractivity contribution is -0.122. The van der Waals surface area contributed by atoms with Gasteiger partial charge in [0.15, 0.2) is 5.17 Å². The molecule has 1 saturated heterocycles. The molecule has 1 aliphatic heterocycles. The van der Waals surface area contributed by atoms with E-state index in [0.29, 0.717) is 22.4 Å². The highest BCUT2D eigenvalue weighted by Crippen LogP contribution is 2.35. The lowest BCUT2D eigenvalue weighted by atomic mass is 10.2. The Morgan fingerprint density at radius 2 is 1.97 bits per heavy atom. The first-order valence-electron chi connectivity index (χ1n) is 9.37. The summed E-state index contributed by atoms with van der Waals surface area (Å²) in [5, 5.41) is 0.651. The standard InChI is InChI=1S/C23H19BrN2O3S/c1-3-26-22(27)21(30-23(26)25-17-7-9-18(28-2)10-8-17)14-19-11-12-20(29-19)15-5-4-6-16(24)13-15/h4-14H,3H2,1-2H3/b21-14+,25-23?. The summed E-state index contributed by atoms with van der Waals surface area (Å²) in [5.41, 5.74) is 1.73. The second-order valence-corrected chi connectivity index (χ2v) is 8.39. The molecule has 152 valence electrons. The maximum absolute atomic E-state index is 12.9. The van der Waals surface area contributed by atoms with E-state index in [1.54, 1.807) is 18.1 Å². The molecule has 0 atom stereocenters. The molecular weight excluding hydrogens is 464 g/mol. The summed E-state index contributed by atoms with van der Waals surface area (Å²) < 4.78 is 12.1. The van der Waals surface area contributed by atoms with E-state index in [1.807, 2.05) is 67.6 Å². The predicted molar refractivity (Wildman–Crippen MR) is 125 cm³/mol. The van der Waals surface area contributed by atoms with Crippen LogP contribution in [0.4, 0.5) is 5.69 Å². The molecule has 5 nitrogen and oxygen atoms in total. The highest BCUT2D eigenvalue weighted by molar-refractivity contribution is 9.10. The summed E-state index contributed by atoms with van der Waals surface area (Å²) in [6, 6.07) is 19.1. The molecular formula is C23H19BrN2O3S. The third kappa shape index (κ3) is 4.37. The molecule has 2 aromatic carbocycles. The number of aliphatic imine (C=N–C) groups is 1. The molecule has 0 aliphatic carbocycles. The van der Waals surface area contributed by atoms with Gasteiger partial charge in [-0.25, -0.2) is 4.99 Å². The van der Waals surface area contributed by atoms with Gasteiger partial charge in [-0.3, -0.25) is 9.69 Å². The number of methoxy groups -OCH3 is 1. The topological polar surface area (TPSA) is 55.0 Å². The first-order valence-corrected chi connectivity index (χ1v) is 11.0. The number of hydrogen-bond acceptors (Lipinski definition) is 5. The van der Waals surface area contributed by atoms with Gasteiger partial charge in [-0.1, -0.05) is 28.1 Å². The summed E-state index contributed by atoms with van der Waals surface area (Å²) in [6.07, 6.45) is 1.77. The number of amidine groups is 1. The quantitative estimate of drug-likeness (QED) is 0.398. The third-order valence-corrected chi connectivity index (χ3v) is 6.01. The van der Waals surface area contributed by atoms with Gasteiger partial charge in [-0.15, -0.1) is 0 Å². The number of nitrogens with zero attached hydrogens (tertiary/aromatic N) is 2. The summed E-state index contributed by atoms with van der Waals surface area (Å²) in [6.45, 7) is 2.48. The molecule has 30 heavy (non-hydrogen) atoms. The minimum atomic E-state index is -0.0739. The average molecular weight is 483 g/mol. The van der Waals surface area contributed by atoms with Crippen molar-refractivity contribution in [2.24, 2.45) is 4.99 Å². The zero-order chi connectivity index (χ0) is 21.1. The molecule has 4 rings (SSSR count). The SMILES string of the molecule is CCN1C(=O)/C(=C\c2ccc(-c3cccc(Br)c3)o2)SC1=Nc1ccc(OC)cc1. The van der Waals surface area contributed by atoms with E-state index in [0.717, 1.165) is 27.2 Å². The number of carbonyl (C=O) groups is 1. The first kappa shape index (κ1) is 20.5. The van der Waals surface area contributed by atoms with Crippen LogP contribution in [-0.4, -0.2) is 29.6 Å². The van der Waals surface area contributed by atoms with Crippen molar-refractivity contribution in [1.29, 1.82) is 0 Å². The van der Waals surface area contributed by atoms with Crippen molar-refractivity contribution in [3.63, 3.8) is 0 Å². The van der Waals surface area contributed by atoms with E-state index in [9.17, 15) is 4.79 Å². The molecule has 0 saturated carbocycles. The van der Waals surface area contributed by atoms with Gasteiger partial charge in [-0.2, -0.15) is 0 Å². The van der Waals surface area contributed by atoms with E-state index in [4.69, 9.17) is 9.15 Å². The lowest BCUT2D eigenvalue weighted by Crippen LogP contribution is -2.28. The molecule has 0 bridgehead atoms. The van der Waals surface area contributed by atoms with Gasteiger partial charge in [-0.05, 0) is 67.2 Å². The van der Waals surface area contributed by atoms with Crippen molar-refractivity contribution in [3.05, 3.63) is 75.8 Å². The minimum absolute atomic E-state index is 0.0739. The smallest absolute Gasteiger partial charge is 0.266 e. The number of furan rings is 1. The normalized spacial score (nSPS) is 16.6. The van der Waals surface area contributed by atoms with Gasteiger partial charge < -0.3 is 9.15 Å². The molecule has 1 fully saturated rings. The third-order valence-electron chi connectivity index (χ3n) is 4.51. The maximum atomic E-state index is 12.9.